The lowest BCUT2D eigenvalue weighted by molar-refractivity contribution is 0.314. The minimum Gasteiger partial charge on any atom is -0.411 e. The maximum absolute atomic E-state index is 8.47. The molecule has 0 radical (unpaired) electrons. The van der Waals surface area contributed by atoms with Gasteiger partial charge in [-0.15, -0.1) is 10.3 Å². The first-order chi connectivity index (χ1) is 8.33. The SMILES string of the molecule is CC(C)(C=NO)NCCCCNC(C)(C)C=NO. The third-order valence-corrected chi connectivity index (χ3v) is 2.53. The maximum Gasteiger partial charge on any atom is 0.0631 e. The second kappa shape index (κ2) is 8.05. The summed E-state index contributed by atoms with van der Waals surface area (Å²) in [7, 11) is 0. The molecule has 0 fully saturated rings. The van der Waals surface area contributed by atoms with Crippen LogP contribution in [0.4, 0.5) is 0 Å². The normalized spacial score (nSPS) is 13.8. The van der Waals surface area contributed by atoms with E-state index in [1.54, 1.807) is 0 Å². The third-order valence-electron chi connectivity index (χ3n) is 2.53. The summed E-state index contributed by atoms with van der Waals surface area (Å²) in [5, 5.41) is 29.6. The highest BCUT2D eigenvalue weighted by Gasteiger charge is 2.14. The fraction of sp³-hybridized carbons (Fsp3) is 0.833. The van der Waals surface area contributed by atoms with E-state index in [2.05, 4.69) is 20.9 Å². The summed E-state index contributed by atoms with van der Waals surface area (Å²) in [6.07, 6.45) is 4.99. The molecule has 0 saturated carbocycles. The number of rotatable bonds is 9. The Morgan fingerprint density at radius 2 is 1.17 bits per heavy atom. The molecule has 0 rings (SSSR count). The lowest BCUT2D eigenvalue weighted by atomic mass is 10.1. The van der Waals surface area contributed by atoms with Crippen LogP contribution in [0.15, 0.2) is 10.3 Å². The van der Waals surface area contributed by atoms with E-state index in [4.69, 9.17) is 10.4 Å². The molecule has 0 bridgehead atoms. The van der Waals surface area contributed by atoms with Crippen LogP contribution in [0.25, 0.3) is 0 Å². The van der Waals surface area contributed by atoms with Crippen LogP contribution in [0.1, 0.15) is 40.5 Å². The van der Waals surface area contributed by atoms with Gasteiger partial charge in [-0.3, -0.25) is 0 Å². The Labute approximate surface area is 109 Å². The highest BCUT2D eigenvalue weighted by Crippen LogP contribution is 2.00. The van der Waals surface area contributed by atoms with Crippen molar-refractivity contribution in [1.82, 2.24) is 10.6 Å². The van der Waals surface area contributed by atoms with Crippen LogP contribution in [0.2, 0.25) is 0 Å². The van der Waals surface area contributed by atoms with Gasteiger partial charge in [-0.05, 0) is 53.6 Å². The van der Waals surface area contributed by atoms with Gasteiger partial charge in [0.15, 0.2) is 0 Å². The second-order valence-corrected chi connectivity index (χ2v) is 5.49. The second-order valence-electron chi connectivity index (χ2n) is 5.49. The first-order valence-corrected chi connectivity index (χ1v) is 6.20. The quantitative estimate of drug-likeness (QED) is 0.218. The summed E-state index contributed by atoms with van der Waals surface area (Å²) in [5.41, 5.74) is -0.573. The average Bonchev–Trinajstić information content (AvgIpc) is 2.22. The zero-order valence-corrected chi connectivity index (χ0v) is 11.8. The topological polar surface area (TPSA) is 89.2 Å². The number of nitrogens with one attached hydrogen (secondary N) is 2. The molecule has 0 unspecified atom stereocenters. The fourth-order valence-electron chi connectivity index (χ4n) is 1.45. The number of hydrogen-bond donors (Lipinski definition) is 4. The Hall–Kier alpha value is -1.14. The highest BCUT2D eigenvalue weighted by atomic mass is 16.4. The van der Waals surface area contributed by atoms with Crippen LogP contribution in [0, 0.1) is 0 Å². The Morgan fingerprint density at radius 3 is 1.44 bits per heavy atom. The first kappa shape index (κ1) is 16.9. The van der Waals surface area contributed by atoms with Crippen molar-refractivity contribution in [2.75, 3.05) is 13.1 Å². The van der Waals surface area contributed by atoms with Gasteiger partial charge in [-0.1, -0.05) is 0 Å². The molecule has 4 N–H and O–H groups in total. The number of unbranched alkanes of at least 4 members (excludes halogenated alkanes) is 1. The lowest BCUT2D eigenvalue weighted by Gasteiger charge is -2.22. The molecule has 0 aromatic carbocycles. The molecule has 0 aromatic heterocycles. The number of oxime groups is 2. The van der Waals surface area contributed by atoms with Crippen LogP contribution in [0.3, 0.4) is 0 Å². The molecule has 6 nitrogen and oxygen atoms in total. The molecule has 0 heterocycles. The van der Waals surface area contributed by atoms with E-state index in [1.807, 2.05) is 27.7 Å². The van der Waals surface area contributed by atoms with Gasteiger partial charge in [0.2, 0.25) is 0 Å². The number of nitrogens with zero attached hydrogens (tertiary/aromatic N) is 2. The predicted molar refractivity (Wildman–Crippen MR) is 74.0 cm³/mol. The molecule has 0 amide bonds. The molecule has 0 spiro atoms. The Morgan fingerprint density at radius 1 is 0.833 bits per heavy atom. The molecule has 0 aliphatic carbocycles. The van der Waals surface area contributed by atoms with Gasteiger partial charge in [-0.25, -0.2) is 0 Å². The van der Waals surface area contributed by atoms with E-state index in [9.17, 15) is 0 Å². The molecule has 0 aliphatic heterocycles. The Bertz CT molecular complexity index is 247. The first-order valence-electron chi connectivity index (χ1n) is 6.20. The summed E-state index contributed by atoms with van der Waals surface area (Å²) in [4.78, 5) is 0. The summed E-state index contributed by atoms with van der Waals surface area (Å²) < 4.78 is 0. The van der Waals surface area contributed by atoms with Crippen molar-refractivity contribution in [3.05, 3.63) is 0 Å². The van der Waals surface area contributed by atoms with Crippen LogP contribution >= 0.6 is 0 Å². The smallest absolute Gasteiger partial charge is 0.0631 e. The lowest BCUT2D eigenvalue weighted by Crippen LogP contribution is -2.43. The maximum atomic E-state index is 8.47. The van der Waals surface area contributed by atoms with Crippen molar-refractivity contribution in [3.8, 4) is 0 Å². The predicted octanol–water partition coefficient (Wildman–Crippen LogP) is 1.42. The summed E-state index contributed by atoms with van der Waals surface area (Å²) >= 11 is 0. The van der Waals surface area contributed by atoms with E-state index >= 15 is 0 Å². The van der Waals surface area contributed by atoms with Crippen molar-refractivity contribution in [2.45, 2.75) is 51.6 Å². The van der Waals surface area contributed by atoms with E-state index in [1.165, 1.54) is 12.4 Å². The molecule has 0 aromatic rings. The molecule has 18 heavy (non-hydrogen) atoms. The van der Waals surface area contributed by atoms with Gasteiger partial charge in [0, 0.05) is 0 Å². The molecular weight excluding hydrogens is 232 g/mol. The molecule has 106 valence electrons. The van der Waals surface area contributed by atoms with Crippen molar-refractivity contribution >= 4 is 12.4 Å². The van der Waals surface area contributed by atoms with Crippen molar-refractivity contribution in [2.24, 2.45) is 10.3 Å². The van der Waals surface area contributed by atoms with E-state index in [0.717, 1.165) is 25.9 Å². The highest BCUT2D eigenvalue weighted by molar-refractivity contribution is 5.68. The van der Waals surface area contributed by atoms with Crippen molar-refractivity contribution in [3.63, 3.8) is 0 Å². The molecule has 0 atom stereocenters. The van der Waals surface area contributed by atoms with Gasteiger partial charge in [0.05, 0.1) is 23.5 Å². The van der Waals surface area contributed by atoms with E-state index in [-0.39, 0.29) is 11.1 Å². The summed E-state index contributed by atoms with van der Waals surface area (Å²) in [5.74, 6) is 0. The zero-order chi connectivity index (χ0) is 14.1. The third kappa shape index (κ3) is 8.95. The molecule has 0 aliphatic rings. The van der Waals surface area contributed by atoms with Gasteiger partial charge >= 0.3 is 0 Å². The largest absolute Gasteiger partial charge is 0.411 e. The van der Waals surface area contributed by atoms with Crippen LogP contribution in [0.5, 0.6) is 0 Å². The van der Waals surface area contributed by atoms with Gasteiger partial charge in [-0.2, -0.15) is 0 Å². The van der Waals surface area contributed by atoms with Crippen molar-refractivity contribution in [1.29, 1.82) is 0 Å². The van der Waals surface area contributed by atoms with Crippen LogP contribution in [-0.4, -0.2) is 47.0 Å². The summed E-state index contributed by atoms with van der Waals surface area (Å²) in [6, 6.07) is 0. The minimum absolute atomic E-state index is 0.287. The monoisotopic (exact) mass is 258 g/mol. The Balaban J connectivity index is 3.64. The molecular formula is C12H26N4O2. The standard InChI is InChI=1S/C12H26N4O2/c1-11(2,9-15-17)13-7-5-6-8-14-12(3,4)10-16-18/h9-10,13-14,17-18H,5-8H2,1-4H3. The summed E-state index contributed by atoms with van der Waals surface area (Å²) in [6.45, 7) is 9.51. The van der Waals surface area contributed by atoms with Crippen molar-refractivity contribution < 1.29 is 10.4 Å². The molecule has 0 saturated heterocycles. The van der Waals surface area contributed by atoms with E-state index in [0.29, 0.717) is 0 Å². The van der Waals surface area contributed by atoms with Gasteiger partial charge in [0.25, 0.3) is 0 Å². The van der Waals surface area contributed by atoms with Crippen LogP contribution in [-0.2, 0) is 0 Å². The van der Waals surface area contributed by atoms with Crippen LogP contribution < -0.4 is 10.6 Å². The Kier molecular flexibility index (Phi) is 7.54. The molecule has 6 heteroatoms. The average molecular weight is 258 g/mol. The van der Waals surface area contributed by atoms with E-state index < -0.39 is 0 Å². The zero-order valence-electron chi connectivity index (χ0n) is 11.8. The van der Waals surface area contributed by atoms with Gasteiger partial charge < -0.3 is 21.0 Å². The minimum atomic E-state index is -0.287. The number of hydrogen-bond acceptors (Lipinski definition) is 6. The fourth-order valence-corrected chi connectivity index (χ4v) is 1.45. The van der Waals surface area contributed by atoms with Gasteiger partial charge in [0.1, 0.15) is 0 Å².